The van der Waals surface area contributed by atoms with Gasteiger partial charge in [-0.1, -0.05) is 6.07 Å². The molecule has 0 radical (unpaired) electrons. The van der Waals surface area contributed by atoms with E-state index in [0.717, 1.165) is 25.6 Å². The molecular formula is C21H21BrF3N5O3. The normalized spacial score (nSPS) is 16.6. The lowest BCUT2D eigenvalue weighted by atomic mass is 10.0. The van der Waals surface area contributed by atoms with Crippen LogP contribution in [0, 0.1) is 5.92 Å². The first-order chi connectivity index (χ1) is 15.8. The summed E-state index contributed by atoms with van der Waals surface area (Å²) in [6.45, 7) is 1.83. The molecule has 4 rings (SSSR count). The number of anilines is 2. The lowest BCUT2D eigenvalue weighted by Gasteiger charge is -2.22. The van der Waals surface area contributed by atoms with Crippen molar-refractivity contribution >= 4 is 44.6 Å². The number of fused-ring (bicyclic) bond motifs is 1. The Kier molecular flexibility index (Phi) is 6.75. The number of rotatable bonds is 5. The number of methoxy groups -OCH3 is 1. The number of carbonyl (C=O) groups is 1. The molecule has 1 atom stereocenters. The van der Waals surface area contributed by atoms with Crippen LogP contribution < -0.4 is 10.6 Å². The molecule has 1 aliphatic heterocycles. The highest BCUT2D eigenvalue weighted by molar-refractivity contribution is 9.10. The third kappa shape index (κ3) is 5.06. The Morgan fingerprint density at radius 3 is 2.91 bits per heavy atom. The Balaban J connectivity index is 1.71. The van der Waals surface area contributed by atoms with Crippen molar-refractivity contribution in [1.29, 1.82) is 0 Å². The number of aromatic nitrogens is 3. The average Bonchev–Trinajstić information content (AvgIpc) is 3.24. The van der Waals surface area contributed by atoms with Crippen molar-refractivity contribution in [2.75, 3.05) is 37.5 Å². The summed E-state index contributed by atoms with van der Waals surface area (Å²) in [6, 6.07) is 3.17. The first kappa shape index (κ1) is 23.3. The summed E-state index contributed by atoms with van der Waals surface area (Å²) in [5, 5.41) is 6.07. The van der Waals surface area contributed by atoms with Crippen molar-refractivity contribution in [1.82, 2.24) is 15.0 Å². The highest BCUT2D eigenvalue weighted by Crippen LogP contribution is 2.41. The average molecular weight is 528 g/mol. The number of aromatic amines is 1. The van der Waals surface area contributed by atoms with Gasteiger partial charge >= 0.3 is 12.3 Å². The van der Waals surface area contributed by atoms with Crippen LogP contribution >= 0.6 is 15.9 Å². The number of amides is 1. The third-order valence-electron chi connectivity index (χ3n) is 5.37. The maximum Gasteiger partial charge on any atom is 0.419 e. The van der Waals surface area contributed by atoms with Crippen molar-refractivity contribution in [3.8, 4) is 11.3 Å². The van der Waals surface area contributed by atoms with Crippen LogP contribution in [0.15, 0.2) is 29.0 Å². The van der Waals surface area contributed by atoms with E-state index in [4.69, 9.17) is 4.74 Å². The van der Waals surface area contributed by atoms with Crippen molar-refractivity contribution in [2.45, 2.75) is 19.0 Å². The maximum absolute atomic E-state index is 13.8. The topological polar surface area (TPSA) is 101 Å². The first-order valence-corrected chi connectivity index (χ1v) is 11.0. The zero-order valence-corrected chi connectivity index (χ0v) is 19.1. The zero-order valence-electron chi connectivity index (χ0n) is 17.6. The number of nitrogens with zero attached hydrogens (tertiary/aromatic N) is 2. The Labute approximate surface area is 195 Å². The van der Waals surface area contributed by atoms with Crippen LogP contribution in [0.4, 0.5) is 29.6 Å². The number of alkyl halides is 3. The summed E-state index contributed by atoms with van der Waals surface area (Å²) >= 11 is 3.39. The summed E-state index contributed by atoms with van der Waals surface area (Å²) in [4.78, 5) is 22.6. The van der Waals surface area contributed by atoms with E-state index in [1.165, 1.54) is 13.3 Å². The Morgan fingerprint density at radius 2 is 2.21 bits per heavy atom. The van der Waals surface area contributed by atoms with Gasteiger partial charge in [-0.3, -0.25) is 5.32 Å². The summed E-state index contributed by atoms with van der Waals surface area (Å²) in [5.74, 6) is 0.360. The number of hydrogen-bond donors (Lipinski definition) is 3. The predicted molar refractivity (Wildman–Crippen MR) is 120 cm³/mol. The van der Waals surface area contributed by atoms with Crippen molar-refractivity contribution in [3.05, 3.63) is 34.6 Å². The van der Waals surface area contributed by atoms with Crippen LogP contribution in [0.3, 0.4) is 0 Å². The number of hydrogen-bond acceptors (Lipinski definition) is 6. The molecule has 8 nitrogen and oxygen atoms in total. The minimum Gasteiger partial charge on any atom is -0.453 e. The molecule has 3 aromatic rings. The third-order valence-corrected chi connectivity index (χ3v) is 6.19. The van der Waals surface area contributed by atoms with Crippen LogP contribution in [0.2, 0.25) is 0 Å². The minimum absolute atomic E-state index is 0.112. The zero-order chi connectivity index (χ0) is 23.6. The smallest absolute Gasteiger partial charge is 0.419 e. The van der Waals surface area contributed by atoms with Crippen LogP contribution in [0.25, 0.3) is 22.2 Å². The molecule has 1 unspecified atom stereocenters. The summed E-state index contributed by atoms with van der Waals surface area (Å²) < 4.78 is 51.8. The molecule has 1 aliphatic rings. The Bertz CT molecular complexity index is 1160. The van der Waals surface area contributed by atoms with Crippen LogP contribution in [-0.4, -0.2) is 47.9 Å². The van der Waals surface area contributed by atoms with E-state index in [1.54, 1.807) is 12.1 Å². The van der Waals surface area contributed by atoms with E-state index in [0.29, 0.717) is 34.2 Å². The number of benzene rings is 1. The molecule has 1 saturated heterocycles. The maximum atomic E-state index is 13.8. The summed E-state index contributed by atoms with van der Waals surface area (Å²) in [5.41, 5.74) is -0.0262. The highest BCUT2D eigenvalue weighted by Gasteiger charge is 2.36. The lowest BCUT2D eigenvalue weighted by Crippen LogP contribution is -2.25. The Morgan fingerprint density at radius 1 is 1.39 bits per heavy atom. The van der Waals surface area contributed by atoms with Gasteiger partial charge in [0, 0.05) is 36.5 Å². The van der Waals surface area contributed by atoms with Gasteiger partial charge in [-0.25, -0.2) is 14.8 Å². The van der Waals surface area contributed by atoms with E-state index in [2.05, 4.69) is 46.3 Å². The standard InChI is InChI=1S/C21H21BrF3N5O3/c1-32-20(31)29-15-5-4-12-13(8-26-18(12)16(15)22)17-14(21(23,24)25)9-28-19(30-17)27-7-11-3-2-6-33-10-11/h4-5,8-9,11,26H,2-3,6-7,10H2,1H3,(H,29,31)(H,27,28,30). The molecule has 0 saturated carbocycles. The van der Waals surface area contributed by atoms with Crippen LogP contribution in [0.1, 0.15) is 18.4 Å². The first-order valence-electron chi connectivity index (χ1n) is 10.2. The second-order valence-corrected chi connectivity index (χ2v) is 8.38. The monoisotopic (exact) mass is 527 g/mol. The van der Waals surface area contributed by atoms with Gasteiger partial charge in [0.1, 0.15) is 5.56 Å². The van der Waals surface area contributed by atoms with E-state index in [9.17, 15) is 18.0 Å². The van der Waals surface area contributed by atoms with Crippen LogP contribution in [-0.2, 0) is 15.7 Å². The van der Waals surface area contributed by atoms with E-state index in [-0.39, 0.29) is 23.1 Å². The molecule has 2 aromatic heterocycles. The van der Waals surface area contributed by atoms with Gasteiger partial charge in [0.2, 0.25) is 5.95 Å². The molecule has 1 aromatic carbocycles. The molecule has 33 heavy (non-hydrogen) atoms. The molecule has 3 N–H and O–H groups in total. The molecule has 0 aliphatic carbocycles. The van der Waals surface area contributed by atoms with Gasteiger partial charge in [0.05, 0.1) is 35.1 Å². The quantitative estimate of drug-likeness (QED) is 0.409. The van der Waals surface area contributed by atoms with Gasteiger partial charge in [-0.05, 0) is 40.8 Å². The number of nitrogens with one attached hydrogen (secondary N) is 3. The number of H-pyrrole nitrogens is 1. The molecule has 1 fully saturated rings. The van der Waals surface area contributed by atoms with Crippen LogP contribution in [0.5, 0.6) is 0 Å². The second-order valence-electron chi connectivity index (χ2n) is 7.59. The van der Waals surface area contributed by atoms with Gasteiger partial charge < -0.3 is 19.8 Å². The molecule has 0 bridgehead atoms. The fourth-order valence-corrected chi connectivity index (χ4v) is 4.26. The second kappa shape index (κ2) is 9.56. The molecular weight excluding hydrogens is 507 g/mol. The molecule has 12 heteroatoms. The predicted octanol–water partition coefficient (Wildman–Crippen LogP) is 5.42. The van der Waals surface area contributed by atoms with Gasteiger partial charge in [0.15, 0.2) is 0 Å². The molecule has 3 heterocycles. The van der Waals surface area contributed by atoms with Gasteiger partial charge in [-0.2, -0.15) is 13.2 Å². The van der Waals surface area contributed by atoms with Crippen molar-refractivity contribution < 1.29 is 27.4 Å². The fraction of sp³-hybridized carbons (Fsp3) is 0.381. The number of halogens is 4. The number of carbonyl (C=O) groups excluding carboxylic acids is 1. The summed E-state index contributed by atoms with van der Waals surface area (Å²) in [6.07, 6.45) is -1.15. The number of ether oxygens (including phenoxy) is 2. The van der Waals surface area contributed by atoms with Gasteiger partial charge in [0.25, 0.3) is 0 Å². The van der Waals surface area contributed by atoms with Crippen molar-refractivity contribution in [2.24, 2.45) is 5.92 Å². The SMILES string of the molecule is COC(=O)Nc1ccc2c(-c3nc(NCC4CCCOC4)ncc3C(F)(F)F)c[nH]c2c1Br. The summed E-state index contributed by atoms with van der Waals surface area (Å²) in [7, 11) is 1.23. The van der Waals surface area contributed by atoms with Gasteiger partial charge in [-0.15, -0.1) is 0 Å². The molecule has 1 amide bonds. The van der Waals surface area contributed by atoms with Crippen molar-refractivity contribution in [3.63, 3.8) is 0 Å². The Hall–Kier alpha value is -2.86. The van der Waals surface area contributed by atoms with E-state index in [1.807, 2.05) is 0 Å². The van der Waals surface area contributed by atoms with E-state index >= 15 is 0 Å². The highest BCUT2D eigenvalue weighted by atomic mass is 79.9. The minimum atomic E-state index is -4.64. The molecule has 176 valence electrons. The largest absolute Gasteiger partial charge is 0.453 e. The lowest BCUT2D eigenvalue weighted by molar-refractivity contribution is -0.137. The van der Waals surface area contributed by atoms with E-state index < -0.39 is 17.8 Å². The molecule has 0 spiro atoms. The fourth-order valence-electron chi connectivity index (χ4n) is 3.70.